The molecule has 1 heterocycles. The number of thiocarbonyl (C=S) groups is 1. The number of imide groups is 1. The topological polar surface area (TPSA) is 92.6 Å². The summed E-state index contributed by atoms with van der Waals surface area (Å²) in [5.74, 6) is -0.664. The lowest BCUT2D eigenvalue weighted by Gasteiger charge is -2.29. The Labute approximate surface area is 244 Å². The van der Waals surface area contributed by atoms with Crippen molar-refractivity contribution in [3.63, 3.8) is 0 Å². The van der Waals surface area contributed by atoms with Crippen LogP contribution in [0.5, 0.6) is 0 Å². The molecule has 0 saturated carbocycles. The summed E-state index contributed by atoms with van der Waals surface area (Å²) in [6.45, 7) is 1.97. The van der Waals surface area contributed by atoms with Gasteiger partial charge in [0, 0.05) is 20.8 Å². The first kappa shape index (κ1) is 27.3. The molecule has 5 rings (SSSR count). The average Bonchev–Trinajstić information content (AvgIpc) is 2.94. The number of benzene rings is 4. The maximum atomic E-state index is 12.8. The van der Waals surface area contributed by atoms with Gasteiger partial charge in [0.05, 0.1) is 21.1 Å². The molecule has 4 aromatic rings. The van der Waals surface area contributed by atoms with Crippen LogP contribution in [0.15, 0.2) is 122 Å². The summed E-state index contributed by atoms with van der Waals surface area (Å²) in [6.07, 6.45) is 1.46. The summed E-state index contributed by atoms with van der Waals surface area (Å²) in [5.41, 5.74) is 1.97. The van der Waals surface area contributed by atoms with Crippen molar-refractivity contribution in [1.29, 1.82) is 0 Å². The number of nitro benzene ring substituents is 1. The summed E-state index contributed by atoms with van der Waals surface area (Å²) in [6, 6.07) is 28.9. The number of rotatable bonds is 7. The van der Waals surface area contributed by atoms with Crippen LogP contribution in [0, 0.1) is 17.0 Å². The number of aryl methyl sites for hydroxylation is 1. The number of amides is 3. The maximum absolute atomic E-state index is 12.8. The highest BCUT2D eigenvalue weighted by Crippen LogP contribution is 2.36. The minimum absolute atomic E-state index is 0.0120. The highest BCUT2D eigenvalue weighted by Gasteiger charge is 2.34. The lowest BCUT2D eigenvalue weighted by Crippen LogP contribution is -2.53. The van der Waals surface area contributed by atoms with Crippen molar-refractivity contribution in [2.75, 3.05) is 4.90 Å². The van der Waals surface area contributed by atoms with E-state index < -0.39 is 16.9 Å². The van der Waals surface area contributed by atoms with Crippen molar-refractivity contribution in [3.8, 4) is 0 Å². The molecule has 1 aliphatic rings. The van der Waals surface area contributed by atoms with Gasteiger partial charge in [-0.25, -0.2) is 4.79 Å². The molecule has 0 unspecified atom stereocenters. The van der Waals surface area contributed by atoms with Crippen molar-refractivity contribution < 1.29 is 14.5 Å². The van der Waals surface area contributed by atoms with Crippen LogP contribution in [0.1, 0.15) is 11.1 Å². The van der Waals surface area contributed by atoms with Crippen molar-refractivity contribution in [1.82, 2.24) is 5.32 Å². The second-order valence-electron chi connectivity index (χ2n) is 8.77. The largest absolute Gasteiger partial charge is 0.334 e. The van der Waals surface area contributed by atoms with Gasteiger partial charge in [0.2, 0.25) is 0 Å². The fourth-order valence-electron chi connectivity index (χ4n) is 3.93. The number of nitrogens with one attached hydrogen (secondary N) is 1. The third kappa shape index (κ3) is 6.15. The van der Waals surface area contributed by atoms with Crippen LogP contribution in [0.3, 0.4) is 0 Å². The molecule has 1 aliphatic heterocycles. The van der Waals surface area contributed by atoms with Gasteiger partial charge >= 0.3 is 6.03 Å². The van der Waals surface area contributed by atoms with E-state index in [1.807, 2.05) is 73.7 Å². The van der Waals surface area contributed by atoms with Crippen molar-refractivity contribution in [2.45, 2.75) is 26.5 Å². The highest BCUT2D eigenvalue weighted by atomic mass is 32.2. The van der Waals surface area contributed by atoms with E-state index in [-0.39, 0.29) is 16.2 Å². The molecular weight excluding hydrogens is 563 g/mol. The van der Waals surface area contributed by atoms with E-state index in [1.165, 1.54) is 28.8 Å². The molecule has 40 heavy (non-hydrogen) atoms. The van der Waals surface area contributed by atoms with E-state index in [0.717, 1.165) is 20.2 Å². The Hall–Kier alpha value is -4.25. The molecule has 4 aromatic carbocycles. The highest BCUT2D eigenvalue weighted by molar-refractivity contribution is 7.99. The number of anilines is 1. The number of nitrogens with zero attached hydrogens (tertiary/aromatic N) is 2. The Morgan fingerprint density at radius 3 is 2.15 bits per heavy atom. The number of urea groups is 1. The molecular formula is C30H21N3O4S3. The Kier molecular flexibility index (Phi) is 8.11. The number of hydrogen-bond donors (Lipinski definition) is 1. The number of nitro groups is 1. The molecule has 1 N–H and O–H groups in total. The predicted molar refractivity (Wildman–Crippen MR) is 162 cm³/mol. The molecule has 0 radical (unpaired) electrons. The van der Waals surface area contributed by atoms with Crippen LogP contribution in [0.2, 0.25) is 0 Å². The molecule has 0 aliphatic carbocycles. The minimum atomic E-state index is -0.664. The van der Waals surface area contributed by atoms with Crippen molar-refractivity contribution in [3.05, 3.63) is 124 Å². The zero-order valence-corrected chi connectivity index (χ0v) is 23.5. The number of hydrogen-bond acceptors (Lipinski definition) is 7. The number of carbonyl (C=O) groups is 2. The van der Waals surface area contributed by atoms with Gasteiger partial charge in [0.25, 0.3) is 11.6 Å². The van der Waals surface area contributed by atoms with Gasteiger partial charge in [0.15, 0.2) is 0 Å². The first-order chi connectivity index (χ1) is 19.3. The van der Waals surface area contributed by atoms with Gasteiger partial charge in [-0.05, 0) is 73.2 Å². The summed E-state index contributed by atoms with van der Waals surface area (Å²) < 4.78 is 0. The SMILES string of the molecule is Cc1ccc(Sc2ccc(C=C3C(=O)NC(=O)N(c4ccc(Sc5ccccc5)cc4)C3=S)cc2[N+](=O)[O-])cc1. The van der Waals surface area contributed by atoms with Crippen molar-refractivity contribution >= 4 is 70.1 Å². The molecule has 0 aromatic heterocycles. The molecule has 198 valence electrons. The normalized spacial score (nSPS) is 14.4. The molecule has 7 nitrogen and oxygen atoms in total. The van der Waals surface area contributed by atoms with Crippen LogP contribution in [-0.4, -0.2) is 21.9 Å². The number of carbonyl (C=O) groups excluding carboxylic acids is 2. The Balaban J connectivity index is 1.40. The lowest BCUT2D eigenvalue weighted by atomic mass is 10.1. The minimum Gasteiger partial charge on any atom is -0.273 e. The predicted octanol–water partition coefficient (Wildman–Crippen LogP) is 7.67. The van der Waals surface area contributed by atoms with E-state index in [4.69, 9.17) is 12.2 Å². The first-order valence-corrected chi connectivity index (χ1v) is 14.1. The molecule has 3 amide bonds. The fourth-order valence-corrected chi connectivity index (χ4v) is 6.01. The fraction of sp³-hybridized carbons (Fsp3) is 0.0333. The summed E-state index contributed by atoms with van der Waals surface area (Å²) >= 11 is 8.43. The zero-order valence-electron chi connectivity index (χ0n) is 21.1. The van der Waals surface area contributed by atoms with Crippen LogP contribution >= 0.6 is 35.7 Å². The molecule has 0 bridgehead atoms. The molecule has 1 fully saturated rings. The van der Waals surface area contributed by atoms with Gasteiger partial charge in [-0.1, -0.05) is 77.7 Å². The van der Waals surface area contributed by atoms with Crippen LogP contribution in [0.4, 0.5) is 16.2 Å². The monoisotopic (exact) mass is 583 g/mol. The quantitative estimate of drug-likeness (QED) is 0.103. The van der Waals surface area contributed by atoms with Gasteiger partial charge in [-0.2, -0.15) is 0 Å². The third-order valence-electron chi connectivity index (χ3n) is 5.91. The van der Waals surface area contributed by atoms with E-state index in [2.05, 4.69) is 5.32 Å². The Morgan fingerprint density at radius 2 is 1.48 bits per heavy atom. The Bertz CT molecular complexity index is 1650. The third-order valence-corrected chi connectivity index (χ3v) is 8.41. The van der Waals surface area contributed by atoms with Crippen molar-refractivity contribution in [2.24, 2.45) is 0 Å². The molecule has 1 saturated heterocycles. The summed E-state index contributed by atoms with van der Waals surface area (Å²) in [7, 11) is 0. The van der Waals surface area contributed by atoms with Crippen LogP contribution in [0.25, 0.3) is 6.08 Å². The first-order valence-electron chi connectivity index (χ1n) is 12.1. The smallest absolute Gasteiger partial charge is 0.273 e. The lowest BCUT2D eigenvalue weighted by molar-refractivity contribution is -0.387. The second kappa shape index (κ2) is 11.9. The molecule has 0 spiro atoms. The van der Waals surface area contributed by atoms with E-state index in [0.29, 0.717) is 16.1 Å². The molecule has 0 atom stereocenters. The standard InChI is InChI=1S/C30H21N3O4S3/c1-19-7-12-24(13-8-19)40-27-16-9-20(18-26(27)33(36)37)17-25-28(34)31-30(35)32(29(25)38)21-10-14-23(15-11-21)39-22-5-3-2-4-6-22/h2-18H,1H3,(H,31,34,35). The van der Waals surface area contributed by atoms with Gasteiger partial charge < -0.3 is 0 Å². The summed E-state index contributed by atoms with van der Waals surface area (Å²) in [4.78, 5) is 41.6. The van der Waals surface area contributed by atoms with Crippen LogP contribution < -0.4 is 10.2 Å². The zero-order chi connectivity index (χ0) is 28.2. The van der Waals surface area contributed by atoms with Gasteiger partial charge in [0.1, 0.15) is 4.99 Å². The van der Waals surface area contributed by atoms with Gasteiger partial charge in [-0.15, -0.1) is 0 Å². The van der Waals surface area contributed by atoms with Gasteiger partial charge in [-0.3, -0.25) is 25.1 Å². The average molecular weight is 584 g/mol. The van der Waals surface area contributed by atoms with E-state index >= 15 is 0 Å². The Morgan fingerprint density at radius 1 is 0.850 bits per heavy atom. The second-order valence-corrected chi connectivity index (χ2v) is 11.4. The molecule has 10 heteroatoms. The van der Waals surface area contributed by atoms with E-state index in [9.17, 15) is 19.7 Å². The summed E-state index contributed by atoms with van der Waals surface area (Å²) in [5, 5.41) is 14.2. The maximum Gasteiger partial charge on any atom is 0.334 e. The van der Waals surface area contributed by atoms with E-state index in [1.54, 1.807) is 36.0 Å². The van der Waals surface area contributed by atoms with Crippen LogP contribution in [-0.2, 0) is 4.79 Å².